The van der Waals surface area contributed by atoms with E-state index in [0.29, 0.717) is 27.3 Å². The number of aromatic hydroxyl groups is 1. The van der Waals surface area contributed by atoms with Crippen molar-refractivity contribution < 1.29 is 9.63 Å². The second-order valence-electron chi connectivity index (χ2n) is 5.66. The van der Waals surface area contributed by atoms with E-state index in [1.54, 1.807) is 36.4 Å². The van der Waals surface area contributed by atoms with Gasteiger partial charge in [-0.3, -0.25) is 4.79 Å². The van der Waals surface area contributed by atoms with Crippen LogP contribution in [0, 0.1) is 6.92 Å². The highest BCUT2D eigenvalue weighted by Crippen LogP contribution is 2.32. The van der Waals surface area contributed by atoms with E-state index in [1.807, 2.05) is 13.0 Å². The fourth-order valence-corrected chi connectivity index (χ4v) is 2.76. The minimum atomic E-state index is -0.500. The Hall–Kier alpha value is -3.12. The van der Waals surface area contributed by atoms with Gasteiger partial charge in [0.15, 0.2) is 0 Å². The second kappa shape index (κ2) is 5.75. The number of aromatic nitrogens is 3. The molecule has 2 heterocycles. The van der Waals surface area contributed by atoms with Crippen molar-refractivity contribution in [3.63, 3.8) is 0 Å². The zero-order valence-corrected chi connectivity index (χ0v) is 13.8. The van der Waals surface area contributed by atoms with Gasteiger partial charge in [-0.2, -0.15) is 4.98 Å². The number of hydrogen-bond acceptors (Lipinski definition) is 5. The van der Waals surface area contributed by atoms with E-state index in [9.17, 15) is 9.90 Å². The number of hydrogen-bond donors (Lipinski definition) is 2. The SMILES string of the molecule is Cc1ccc2[nH]c(=O)c(-c3nc(-c4ccc(Cl)cc4)no3)c(O)c2c1. The Bertz CT molecular complexity index is 1150. The lowest BCUT2D eigenvalue weighted by atomic mass is 10.1. The van der Waals surface area contributed by atoms with Gasteiger partial charge in [0.2, 0.25) is 5.82 Å². The van der Waals surface area contributed by atoms with Crippen LogP contribution in [0.5, 0.6) is 5.75 Å². The molecule has 124 valence electrons. The molecule has 4 rings (SSSR count). The van der Waals surface area contributed by atoms with Crippen molar-refractivity contribution in [3.8, 4) is 28.6 Å². The predicted octanol–water partition coefficient (Wildman–Crippen LogP) is 3.91. The third-order valence-electron chi connectivity index (χ3n) is 3.88. The maximum Gasteiger partial charge on any atom is 0.267 e. The summed E-state index contributed by atoms with van der Waals surface area (Å²) in [6, 6.07) is 12.3. The van der Waals surface area contributed by atoms with Gasteiger partial charge in [-0.15, -0.1) is 0 Å². The number of aromatic amines is 1. The van der Waals surface area contributed by atoms with E-state index in [2.05, 4.69) is 15.1 Å². The van der Waals surface area contributed by atoms with Crippen LogP contribution in [0.4, 0.5) is 0 Å². The summed E-state index contributed by atoms with van der Waals surface area (Å²) in [6.45, 7) is 1.90. The van der Waals surface area contributed by atoms with E-state index in [1.165, 1.54) is 0 Å². The van der Waals surface area contributed by atoms with Crippen molar-refractivity contribution in [2.24, 2.45) is 0 Å². The molecule has 0 fully saturated rings. The number of H-pyrrole nitrogens is 1. The van der Waals surface area contributed by atoms with Gasteiger partial charge in [0.05, 0.1) is 5.52 Å². The van der Waals surface area contributed by atoms with Crippen molar-refractivity contribution in [1.82, 2.24) is 15.1 Å². The quantitative estimate of drug-likeness (QED) is 0.570. The highest BCUT2D eigenvalue weighted by molar-refractivity contribution is 6.30. The second-order valence-corrected chi connectivity index (χ2v) is 6.09. The summed E-state index contributed by atoms with van der Waals surface area (Å²) < 4.78 is 5.20. The number of nitrogens with zero attached hydrogens (tertiary/aromatic N) is 2. The lowest BCUT2D eigenvalue weighted by Gasteiger charge is -2.05. The standard InChI is InChI=1S/C18H12ClN3O3/c1-9-2-7-13-12(8-9)15(23)14(17(24)20-13)18-21-16(22-25-18)10-3-5-11(19)6-4-10/h2-8H,1H3,(H2,20,23,24). The van der Waals surface area contributed by atoms with Gasteiger partial charge in [-0.05, 0) is 43.3 Å². The Kier molecular flexibility index (Phi) is 3.54. The maximum atomic E-state index is 12.4. The number of rotatable bonds is 2. The van der Waals surface area contributed by atoms with Crippen molar-refractivity contribution >= 4 is 22.5 Å². The van der Waals surface area contributed by atoms with Crippen LogP contribution in [0.15, 0.2) is 51.8 Å². The van der Waals surface area contributed by atoms with Crippen LogP contribution in [0.3, 0.4) is 0 Å². The fourth-order valence-electron chi connectivity index (χ4n) is 2.63. The average Bonchev–Trinajstić information content (AvgIpc) is 3.06. The molecule has 0 saturated carbocycles. The van der Waals surface area contributed by atoms with Crippen molar-refractivity contribution in [2.75, 3.05) is 0 Å². The van der Waals surface area contributed by atoms with Crippen molar-refractivity contribution in [1.29, 1.82) is 0 Å². The average molecular weight is 354 g/mol. The van der Waals surface area contributed by atoms with Gasteiger partial charge >= 0.3 is 0 Å². The van der Waals surface area contributed by atoms with Crippen LogP contribution in [0.2, 0.25) is 5.02 Å². The number of benzene rings is 2. The van der Waals surface area contributed by atoms with E-state index >= 15 is 0 Å². The minimum Gasteiger partial charge on any atom is -0.506 e. The zero-order valence-electron chi connectivity index (χ0n) is 13.1. The highest BCUT2D eigenvalue weighted by Gasteiger charge is 2.20. The van der Waals surface area contributed by atoms with E-state index in [-0.39, 0.29) is 17.2 Å². The summed E-state index contributed by atoms with van der Waals surface area (Å²) >= 11 is 5.87. The van der Waals surface area contributed by atoms with Gasteiger partial charge in [0.25, 0.3) is 11.4 Å². The molecule has 0 unspecified atom stereocenters. The Balaban J connectivity index is 1.88. The van der Waals surface area contributed by atoms with E-state index in [0.717, 1.165) is 5.56 Å². The molecule has 2 N–H and O–H groups in total. The Morgan fingerprint density at radius 3 is 2.68 bits per heavy atom. The first-order chi connectivity index (χ1) is 12.0. The number of aryl methyl sites for hydroxylation is 1. The highest BCUT2D eigenvalue weighted by atomic mass is 35.5. The third kappa shape index (κ3) is 2.66. The number of nitrogens with one attached hydrogen (secondary N) is 1. The Morgan fingerprint density at radius 2 is 1.92 bits per heavy atom. The molecule has 0 bridgehead atoms. The van der Waals surface area contributed by atoms with Crippen LogP contribution in [-0.2, 0) is 0 Å². The van der Waals surface area contributed by atoms with Crippen LogP contribution >= 0.6 is 11.6 Å². The fraction of sp³-hybridized carbons (Fsp3) is 0.0556. The van der Waals surface area contributed by atoms with Crippen LogP contribution in [0.25, 0.3) is 33.7 Å². The van der Waals surface area contributed by atoms with Gasteiger partial charge in [0, 0.05) is 16.0 Å². The summed E-state index contributed by atoms with van der Waals surface area (Å²) in [4.78, 5) is 19.3. The van der Waals surface area contributed by atoms with Gasteiger partial charge < -0.3 is 14.6 Å². The zero-order chi connectivity index (χ0) is 17.6. The maximum absolute atomic E-state index is 12.4. The Morgan fingerprint density at radius 1 is 1.16 bits per heavy atom. The summed E-state index contributed by atoms with van der Waals surface area (Å²) in [6.07, 6.45) is 0. The lowest BCUT2D eigenvalue weighted by molar-refractivity contribution is 0.426. The normalized spacial score (nSPS) is 11.1. The van der Waals surface area contributed by atoms with E-state index in [4.69, 9.17) is 16.1 Å². The summed E-state index contributed by atoms with van der Waals surface area (Å²) in [5.41, 5.74) is 1.63. The molecule has 0 amide bonds. The number of fused-ring (bicyclic) bond motifs is 1. The molecule has 6 nitrogen and oxygen atoms in total. The molecule has 0 spiro atoms. The molecular weight excluding hydrogens is 342 g/mol. The predicted molar refractivity (Wildman–Crippen MR) is 94.7 cm³/mol. The largest absolute Gasteiger partial charge is 0.506 e. The summed E-state index contributed by atoms with van der Waals surface area (Å²) in [5.74, 6) is 0.0654. The topological polar surface area (TPSA) is 92.0 Å². The third-order valence-corrected chi connectivity index (χ3v) is 4.14. The first-order valence-corrected chi connectivity index (χ1v) is 7.86. The molecule has 4 aromatic rings. The monoisotopic (exact) mass is 353 g/mol. The molecule has 2 aromatic heterocycles. The van der Waals surface area contributed by atoms with Gasteiger partial charge in [0.1, 0.15) is 11.3 Å². The number of halogens is 1. The van der Waals surface area contributed by atoms with Crippen molar-refractivity contribution in [3.05, 3.63) is 63.4 Å². The molecule has 0 aliphatic heterocycles. The molecule has 0 radical (unpaired) electrons. The molecule has 2 aromatic carbocycles. The minimum absolute atomic E-state index is 0.0490. The molecule has 0 atom stereocenters. The van der Waals surface area contributed by atoms with E-state index < -0.39 is 5.56 Å². The Labute approximate surface area is 146 Å². The van der Waals surface area contributed by atoms with Crippen LogP contribution in [0.1, 0.15) is 5.56 Å². The molecule has 0 aliphatic rings. The molecular formula is C18H12ClN3O3. The smallest absolute Gasteiger partial charge is 0.267 e. The lowest BCUT2D eigenvalue weighted by Crippen LogP contribution is -2.09. The molecule has 25 heavy (non-hydrogen) atoms. The summed E-state index contributed by atoms with van der Waals surface area (Å²) in [5, 5.41) is 15.5. The van der Waals surface area contributed by atoms with Crippen molar-refractivity contribution in [2.45, 2.75) is 6.92 Å². The molecule has 0 aliphatic carbocycles. The first-order valence-electron chi connectivity index (χ1n) is 7.48. The van der Waals surface area contributed by atoms with Gasteiger partial charge in [-0.1, -0.05) is 28.4 Å². The van der Waals surface area contributed by atoms with Crippen LogP contribution < -0.4 is 5.56 Å². The first kappa shape index (κ1) is 15.4. The molecule has 7 heteroatoms. The van der Waals surface area contributed by atoms with Gasteiger partial charge in [-0.25, -0.2) is 0 Å². The number of pyridine rings is 1. The van der Waals surface area contributed by atoms with Crippen LogP contribution in [-0.4, -0.2) is 20.2 Å². The summed E-state index contributed by atoms with van der Waals surface area (Å²) in [7, 11) is 0. The molecule has 0 saturated heterocycles.